The predicted octanol–water partition coefficient (Wildman–Crippen LogP) is 4.11. The molecule has 2 rings (SSSR count). The third kappa shape index (κ3) is 5.95. The SMILES string of the molecule is O=C(O)/C=C/c1ccc(OCC(=O)Nc2cc(Cl)cc(Cl)c2)cc1. The van der Waals surface area contributed by atoms with Crippen LogP contribution < -0.4 is 10.1 Å². The Balaban J connectivity index is 1.88. The second kappa shape index (κ2) is 8.38. The Morgan fingerprint density at radius 1 is 1.08 bits per heavy atom. The van der Waals surface area contributed by atoms with Crippen molar-refractivity contribution in [1.82, 2.24) is 0 Å². The van der Waals surface area contributed by atoms with Crippen LogP contribution in [-0.2, 0) is 9.59 Å². The van der Waals surface area contributed by atoms with Crippen molar-refractivity contribution < 1.29 is 19.4 Å². The van der Waals surface area contributed by atoms with E-state index in [9.17, 15) is 9.59 Å². The highest BCUT2D eigenvalue weighted by Crippen LogP contribution is 2.22. The van der Waals surface area contributed by atoms with Crippen LogP contribution in [0.4, 0.5) is 5.69 Å². The zero-order chi connectivity index (χ0) is 17.5. The van der Waals surface area contributed by atoms with Crippen LogP contribution in [0.15, 0.2) is 48.5 Å². The molecule has 7 heteroatoms. The molecule has 0 bridgehead atoms. The molecular weight excluding hydrogens is 353 g/mol. The Morgan fingerprint density at radius 3 is 2.29 bits per heavy atom. The van der Waals surface area contributed by atoms with Gasteiger partial charge < -0.3 is 15.2 Å². The number of hydrogen-bond donors (Lipinski definition) is 2. The third-order valence-corrected chi connectivity index (χ3v) is 3.25. The largest absolute Gasteiger partial charge is 0.484 e. The molecule has 5 nitrogen and oxygen atoms in total. The maximum absolute atomic E-state index is 11.9. The minimum Gasteiger partial charge on any atom is -0.484 e. The monoisotopic (exact) mass is 365 g/mol. The molecule has 2 N–H and O–H groups in total. The van der Waals surface area contributed by atoms with Crippen LogP contribution in [0, 0.1) is 0 Å². The zero-order valence-corrected chi connectivity index (χ0v) is 13.8. The van der Waals surface area contributed by atoms with Crippen LogP contribution in [-0.4, -0.2) is 23.6 Å². The number of benzene rings is 2. The molecule has 2 aromatic rings. The molecule has 24 heavy (non-hydrogen) atoms. The fourth-order valence-corrected chi connectivity index (χ4v) is 2.34. The number of amides is 1. The molecule has 0 aromatic heterocycles. The van der Waals surface area contributed by atoms with Gasteiger partial charge in [-0.1, -0.05) is 35.3 Å². The predicted molar refractivity (Wildman–Crippen MR) is 93.7 cm³/mol. The molecule has 0 saturated heterocycles. The minimum atomic E-state index is -1.02. The Hall–Kier alpha value is -2.50. The summed E-state index contributed by atoms with van der Waals surface area (Å²) in [5.74, 6) is -0.891. The summed E-state index contributed by atoms with van der Waals surface area (Å²) in [5, 5.41) is 12.0. The van der Waals surface area contributed by atoms with Gasteiger partial charge in [-0.3, -0.25) is 4.79 Å². The van der Waals surface area contributed by atoms with Gasteiger partial charge in [0.2, 0.25) is 0 Å². The molecule has 1 amide bonds. The van der Waals surface area contributed by atoms with E-state index in [1.165, 1.54) is 6.08 Å². The second-order valence-corrected chi connectivity index (χ2v) is 5.61. The van der Waals surface area contributed by atoms with E-state index < -0.39 is 5.97 Å². The number of aliphatic carboxylic acids is 1. The van der Waals surface area contributed by atoms with E-state index in [1.54, 1.807) is 42.5 Å². The smallest absolute Gasteiger partial charge is 0.328 e. The molecule has 0 atom stereocenters. The lowest BCUT2D eigenvalue weighted by Crippen LogP contribution is -2.20. The highest BCUT2D eigenvalue weighted by molar-refractivity contribution is 6.35. The van der Waals surface area contributed by atoms with E-state index in [-0.39, 0.29) is 12.5 Å². The number of hydrogen-bond acceptors (Lipinski definition) is 3. The fraction of sp³-hybridized carbons (Fsp3) is 0.0588. The quantitative estimate of drug-likeness (QED) is 0.755. The summed E-state index contributed by atoms with van der Waals surface area (Å²) in [6.45, 7) is -0.186. The van der Waals surface area contributed by atoms with Crippen molar-refractivity contribution in [3.8, 4) is 5.75 Å². The van der Waals surface area contributed by atoms with E-state index in [0.29, 0.717) is 27.0 Å². The number of nitrogens with one attached hydrogen (secondary N) is 1. The van der Waals surface area contributed by atoms with E-state index in [4.69, 9.17) is 33.0 Å². The molecule has 2 aromatic carbocycles. The van der Waals surface area contributed by atoms with Crippen molar-refractivity contribution >= 4 is 46.8 Å². The number of carbonyl (C=O) groups is 2. The minimum absolute atomic E-state index is 0.186. The molecule has 0 fully saturated rings. The summed E-state index contributed by atoms with van der Waals surface area (Å²) in [7, 11) is 0. The van der Waals surface area contributed by atoms with Crippen LogP contribution in [0.5, 0.6) is 5.75 Å². The summed E-state index contributed by atoms with van der Waals surface area (Å²) < 4.78 is 5.36. The van der Waals surface area contributed by atoms with Crippen LogP contribution in [0.25, 0.3) is 6.08 Å². The Morgan fingerprint density at radius 2 is 1.71 bits per heavy atom. The molecule has 0 aliphatic heterocycles. The van der Waals surface area contributed by atoms with Crippen molar-refractivity contribution in [3.63, 3.8) is 0 Å². The summed E-state index contributed by atoms with van der Waals surface area (Å²) >= 11 is 11.7. The van der Waals surface area contributed by atoms with Gasteiger partial charge in [0.15, 0.2) is 6.61 Å². The van der Waals surface area contributed by atoms with Gasteiger partial charge in [-0.25, -0.2) is 4.79 Å². The standard InChI is InChI=1S/C17H13Cl2NO4/c18-12-7-13(19)9-14(8-12)20-16(21)10-24-15-4-1-11(2-5-15)3-6-17(22)23/h1-9H,10H2,(H,20,21)(H,22,23)/b6-3+. The lowest BCUT2D eigenvalue weighted by atomic mass is 10.2. The topological polar surface area (TPSA) is 75.6 Å². The van der Waals surface area contributed by atoms with Gasteiger partial charge in [0.1, 0.15) is 5.75 Å². The van der Waals surface area contributed by atoms with Gasteiger partial charge in [0.25, 0.3) is 5.91 Å². The number of halogens is 2. The average Bonchev–Trinajstić information content (AvgIpc) is 2.51. The van der Waals surface area contributed by atoms with E-state index >= 15 is 0 Å². The van der Waals surface area contributed by atoms with Gasteiger partial charge in [-0.05, 0) is 42.0 Å². The van der Waals surface area contributed by atoms with E-state index in [1.807, 2.05) is 0 Å². The maximum Gasteiger partial charge on any atom is 0.328 e. The number of anilines is 1. The van der Waals surface area contributed by atoms with Crippen molar-refractivity contribution in [3.05, 3.63) is 64.1 Å². The van der Waals surface area contributed by atoms with Crippen molar-refractivity contribution in [2.75, 3.05) is 11.9 Å². The number of ether oxygens (including phenoxy) is 1. The maximum atomic E-state index is 11.9. The summed E-state index contributed by atoms with van der Waals surface area (Å²) in [4.78, 5) is 22.3. The molecule has 0 unspecified atom stereocenters. The summed E-state index contributed by atoms with van der Waals surface area (Å²) in [6.07, 6.45) is 2.50. The number of carboxylic acid groups (broad SMARTS) is 1. The first-order chi connectivity index (χ1) is 11.4. The summed E-state index contributed by atoms with van der Waals surface area (Å²) in [5.41, 5.74) is 1.19. The lowest BCUT2D eigenvalue weighted by Gasteiger charge is -2.08. The van der Waals surface area contributed by atoms with Crippen LogP contribution in [0.1, 0.15) is 5.56 Å². The Kier molecular flexibility index (Phi) is 6.23. The highest BCUT2D eigenvalue weighted by atomic mass is 35.5. The van der Waals surface area contributed by atoms with Gasteiger partial charge in [0.05, 0.1) is 0 Å². The number of carboxylic acids is 1. The zero-order valence-electron chi connectivity index (χ0n) is 12.3. The Labute approximate surface area is 148 Å². The molecule has 0 saturated carbocycles. The normalized spacial score (nSPS) is 10.6. The van der Waals surface area contributed by atoms with E-state index in [2.05, 4.69) is 5.32 Å². The number of carbonyl (C=O) groups excluding carboxylic acids is 1. The van der Waals surface area contributed by atoms with Gasteiger partial charge in [-0.2, -0.15) is 0 Å². The van der Waals surface area contributed by atoms with Crippen LogP contribution in [0.3, 0.4) is 0 Å². The molecule has 0 aliphatic rings. The van der Waals surface area contributed by atoms with Gasteiger partial charge in [0, 0.05) is 21.8 Å². The van der Waals surface area contributed by atoms with Gasteiger partial charge >= 0.3 is 5.97 Å². The molecule has 124 valence electrons. The molecular formula is C17H13Cl2NO4. The third-order valence-electron chi connectivity index (χ3n) is 2.81. The van der Waals surface area contributed by atoms with Crippen molar-refractivity contribution in [1.29, 1.82) is 0 Å². The highest BCUT2D eigenvalue weighted by Gasteiger charge is 2.05. The van der Waals surface area contributed by atoms with Crippen molar-refractivity contribution in [2.24, 2.45) is 0 Å². The molecule has 0 radical (unpaired) electrons. The molecule has 0 aliphatic carbocycles. The van der Waals surface area contributed by atoms with E-state index in [0.717, 1.165) is 6.08 Å². The average molecular weight is 366 g/mol. The first kappa shape index (κ1) is 17.8. The molecule has 0 heterocycles. The van der Waals surface area contributed by atoms with Crippen molar-refractivity contribution in [2.45, 2.75) is 0 Å². The molecule has 0 spiro atoms. The second-order valence-electron chi connectivity index (χ2n) is 4.74. The first-order valence-corrected chi connectivity index (χ1v) is 7.58. The lowest BCUT2D eigenvalue weighted by molar-refractivity contribution is -0.131. The number of rotatable bonds is 6. The van der Waals surface area contributed by atoms with Crippen LogP contribution >= 0.6 is 23.2 Å². The first-order valence-electron chi connectivity index (χ1n) is 6.82. The van der Waals surface area contributed by atoms with Crippen LogP contribution in [0.2, 0.25) is 10.0 Å². The summed E-state index contributed by atoms with van der Waals surface area (Å²) in [6, 6.07) is 11.4. The van der Waals surface area contributed by atoms with Gasteiger partial charge in [-0.15, -0.1) is 0 Å². The Bertz CT molecular complexity index is 752. The fourth-order valence-electron chi connectivity index (χ4n) is 1.81.